The SMILES string of the molecule is O=C(Nc1ccc(CN2CCNCC2)c(C(F)(F)F)c1)c1ccc(C(F)F)c(C#Cc2cnc3cccnn23)c1. The Hall–Kier alpha value is -4.34. The van der Waals surface area contributed by atoms with Crippen LogP contribution < -0.4 is 10.6 Å². The normalized spacial score (nSPS) is 14.2. The zero-order valence-electron chi connectivity index (χ0n) is 21.0. The van der Waals surface area contributed by atoms with E-state index in [4.69, 9.17) is 0 Å². The van der Waals surface area contributed by atoms with Crippen molar-refractivity contribution < 1.29 is 26.7 Å². The van der Waals surface area contributed by atoms with Gasteiger partial charge in [0.2, 0.25) is 0 Å². The van der Waals surface area contributed by atoms with Crippen LogP contribution in [-0.2, 0) is 12.7 Å². The molecule has 2 aromatic heterocycles. The van der Waals surface area contributed by atoms with E-state index in [0.717, 1.165) is 12.1 Å². The van der Waals surface area contributed by atoms with E-state index in [0.29, 0.717) is 37.5 Å². The highest BCUT2D eigenvalue weighted by Crippen LogP contribution is 2.35. The molecule has 0 aliphatic carbocycles. The molecular weight excluding hydrogens is 531 g/mol. The summed E-state index contributed by atoms with van der Waals surface area (Å²) in [5.74, 6) is 4.64. The molecular formula is C28H23F5N6O. The van der Waals surface area contributed by atoms with Gasteiger partial charge in [-0.15, -0.1) is 0 Å². The van der Waals surface area contributed by atoms with Gasteiger partial charge in [-0.1, -0.05) is 18.1 Å². The lowest BCUT2D eigenvalue weighted by Crippen LogP contribution is -2.43. The van der Waals surface area contributed by atoms with Crippen LogP contribution in [-0.4, -0.2) is 51.6 Å². The Morgan fingerprint density at radius 1 is 1.07 bits per heavy atom. The van der Waals surface area contributed by atoms with Crippen molar-refractivity contribution in [2.75, 3.05) is 31.5 Å². The lowest BCUT2D eigenvalue weighted by atomic mass is 10.0. The fraction of sp³-hybridized carbons (Fsp3) is 0.250. The molecule has 0 bridgehead atoms. The third-order valence-electron chi connectivity index (χ3n) is 6.43. The molecule has 3 heterocycles. The number of carbonyl (C=O) groups is 1. The second-order valence-corrected chi connectivity index (χ2v) is 9.14. The number of nitrogens with zero attached hydrogens (tertiary/aromatic N) is 4. The van der Waals surface area contributed by atoms with E-state index in [9.17, 15) is 26.7 Å². The Labute approximate surface area is 226 Å². The van der Waals surface area contributed by atoms with E-state index in [1.54, 1.807) is 12.1 Å². The summed E-state index contributed by atoms with van der Waals surface area (Å²) >= 11 is 0. The van der Waals surface area contributed by atoms with E-state index in [-0.39, 0.29) is 34.5 Å². The predicted molar refractivity (Wildman–Crippen MR) is 138 cm³/mol. The number of nitrogens with one attached hydrogen (secondary N) is 2. The zero-order chi connectivity index (χ0) is 28.3. The van der Waals surface area contributed by atoms with Gasteiger partial charge in [-0.25, -0.2) is 18.3 Å². The first kappa shape index (κ1) is 27.2. The average Bonchev–Trinajstić information content (AvgIpc) is 3.35. The third kappa shape index (κ3) is 6.11. The van der Waals surface area contributed by atoms with Crippen LogP contribution >= 0.6 is 0 Å². The molecule has 0 atom stereocenters. The lowest BCUT2D eigenvalue weighted by molar-refractivity contribution is -0.138. The van der Waals surface area contributed by atoms with Crippen LogP contribution in [0.4, 0.5) is 27.6 Å². The molecule has 1 amide bonds. The van der Waals surface area contributed by atoms with Gasteiger partial charge in [0.15, 0.2) is 5.65 Å². The van der Waals surface area contributed by atoms with Crippen LogP contribution in [0, 0.1) is 11.8 Å². The van der Waals surface area contributed by atoms with E-state index < -0.39 is 24.1 Å². The number of halogens is 5. The molecule has 7 nitrogen and oxygen atoms in total. The number of hydrogen-bond donors (Lipinski definition) is 2. The second-order valence-electron chi connectivity index (χ2n) is 9.14. The molecule has 0 unspecified atom stereocenters. The summed E-state index contributed by atoms with van der Waals surface area (Å²) in [6, 6.07) is 10.5. The highest BCUT2D eigenvalue weighted by molar-refractivity contribution is 6.04. The van der Waals surface area contributed by atoms with Crippen molar-refractivity contribution in [1.29, 1.82) is 0 Å². The molecule has 0 radical (unpaired) electrons. The second kappa shape index (κ2) is 11.4. The van der Waals surface area contributed by atoms with Crippen molar-refractivity contribution in [3.8, 4) is 11.8 Å². The summed E-state index contributed by atoms with van der Waals surface area (Å²) in [5.41, 5.74) is -0.457. The first-order valence-corrected chi connectivity index (χ1v) is 12.4. The number of piperazine rings is 1. The molecule has 1 aliphatic rings. The quantitative estimate of drug-likeness (QED) is 0.275. The Balaban J connectivity index is 1.40. The van der Waals surface area contributed by atoms with E-state index >= 15 is 0 Å². The van der Waals surface area contributed by atoms with Gasteiger partial charge >= 0.3 is 6.18 Å². The third-order valence-corrected chi connectivity index (χ3v) is 6.43. The lowest BCUT2D eigenvalue weighted by Gasteiger charge is -2.28. The zero-order valence-corrected chi connectivity index (χ0v) is 21.0. The molecule has 1 fully saturated rings. The maximum absolute atomic E-state index is 13.9. The molecule has 1 aliphatic heterocycles. The summed E-state index contributed by atoms with van der Waals surface area (Å²) in [7, 11) is 0. The molecule has 0 saturated carbocycles. The van der Waals surface area contributed by atoms with Crippen molar-refractivity contribution in [1.82, 2.24) is 24.8 Å². The number of benzene rings is 2. The molecule has 40 heavy (non-hydrogen) atoms. The van der Waals surface area contributed by atoms with Gasteiger partial charge in [-0.05, 0) is 47.9 Å². The van der Waals surface area contributed by atoms with Crippen LogP contribution in [0.1, 0.15) is 44.7 Å². The Bertz CT molecular complexity index is 1600. The highest BCUT2D eigenvalue weighted by Gasteiger charge is 2.34. The molecule has 206 valence electrons. The van der Waals surface area contributed by atoms with Gasteiger partial charge in [0.05, 0.1) is 11.8 Å². The predicted octanol–water partition coefficient (Wildman–Crippen LogP) is 4.74. The van der Waals surface area contributed by atoms with Crippen molar-refractivity contribution >= 4 is 17.2 Å². The van der Waals surface area contributed by atoms with Gasteiger partial charge < -0.3 is 10.6 Å². The minimum atomic E-state index is -4.63. The first-order valence-electron chi connectivity index (χ1n) is 12.4. The topological polar surface area (TPSA) is 74.6 Å². The number of aromatic nitrogens is 3. The molecule has 4 aromatic rings. The number of alkyl halides is 5. The fourth-order valence-electron chi connectivity index (χ4n) is 4.41. The minimum Gasteiger partial charge on any atom is -0.322 e. The highest BCUT2D eigenvalue weighted by atomic mass is 19.4. The van der Waals surface area contributed by atoms with E-state index in [1.165, 1.54) is 41.2 Å². The fourth-order valence-corrected chi connectivity index (χ4v) is 4.41. The van der Waals surface area contributed by atoms with E-state index in [2.05, 4.69) is 32.6 Å². The number of carbonyl (C=O) groups excluding carboxylic acids is 1. The number of imidazole rings is 1. The molecule has 1 saturated heterocycles. The summed E-state index contributed by atoms with van der Waals surface area (Å²) in [4.78, 5) is 19.0. The monoisotopic (exact) mass is 554 g/mol. The molecule has 0 spiro atoms. The van der Waals surface area contributed by atoms with Crippen LogP contribution in [0.5, 0.6) is 0 Å². The minimum absolute atomic E-state index is 0.0385. The van der Waals surface area contributed by atoms with Crippen molar-refractivity contribution in [2.45, 2.75) is 19.1 Å². The molecule has 2 N–H and O–H groups in total. The summed E-state index contributed by atoms with van der Waals surface area (Å²) in [5, 5.41) is 9.73. The van der Waals surface area contributed by atoms with Crippen LogP contribution in [0.15, 0.2) is 60.9 Å². The largest absolute Gasteiger partial charge is 0.416 e. The number of anilines is 1. The number of rotatable bonds is 5. The maximum Gasteiger partial charge on any atom is 0.416 e. The summed E-state index contributed by atoms with van der Waals surface area (Å²) < 4.78 is 70.4. The van der Waals surface area contributed by atoms with Crippen molar-refractivity contribution in [2.24, 2.45) is 0 Å². The van der Waals surface area contributed by atoms with Gasteiger partial charge in [0.25, 0.3) is 12.3 Å². The average molecular weight is 555 g/mol. The van der Waals surface area contributed by atoms with Crippen molar-refractivity contribution in [3.63, 3.8) is 0 Å². The van der Waals surface area contributed by atoms with Crippen LogP contribution in [0.2, 0.25) is 0 Å². The van der Waals surface area contributed by atoms with Gasteiger partial charge in [-0.3, -0.25) is 9.69 Å². The van der Waals surface area contributed by atoms with Gasteiger partial charge in [0.1, 0.15) is 5.69 Å². The number of fused-ring (bicyclic) bond motifs is 1. The molecule has 12 heteroatoms. The summed E-state index contributed by atoms with van der Waals surface area (Å²) in [6.07, 6.45) is -4.52. The van der Waals surface area contributed by atoms with Crippen molar-refractivity contribution in [3.05, 3.63) is 94.4 Å². The number of amides is 1. The Morgan fingerprint density at radius 3 is 2.62 bits per heavy atom. The first-order chi connectivity index (χ1) is 19.2. The Morgan fingerprint density at radius 2 is 1.88 bits per heavy atom. The van der Waals surface area contributed by atoms with Crippen LogP contribution in [0.3, 0.4) is 0 Å². The molecule has 5 rings (SSSR count). The number of hydrogen-bond acceptors (Lipinski definition) is 5. The van der Waals surface area contributed by atoms with Crippen LogP contribution in [0.25, 0.3) is 5.65 Å². The van der Waals surface area contributed by atoms with Gasteiger partial charge in [-0.2, -0.15) is 18.3 Å². The van der Waals surface area contributed by atoms with Gasteiger partial charge in [0, 0.05) is 61.3 Å². The smallest absolute Gasteiger partial charge is 0.322 e. The standard InChI is InChI=1S/C28H23F5N6O/c29-26(30)23-8-5-19(14-18(23)4-7-22-16-35-25-2-1-9-36-39(22)25)27(40)37-21-6-3-20(24(15-21)28(31,32)33)17-38-12-10-34-11-13-38/h1-3,5-6,8-9,14-16,26,34H,10-13,17H2,(H,37,40). The molecule has 2 aromatic carbocycles. The van der Waals surface area contributed by atoms with E-state index in [1.807, 2.05) is 4.90 Å². The summed E-state index contributed by atoms with van der Waals surface area (Å²) in [6.45, 7) is 2.78. The maximum atomic E-state index is 13.9. The Kier molecular flexibility index (Phi) is 7.77.